The fraction of sp³-hybridized carbons (Fsp3) is 0.240. The summed E-state index contributed by atoms with van der Waals surface area (Å²) in [5.41, 5.74) is 4.22. The topological polar surface area (TPSA) is 152 Å². The number of benzene rings is 2. The number of para-hydroxylation sites is 1. The van der Waals surface area contributed by atoms with E-state index in [0.717, 1.165) is 9.13 Å². The largest absolute Gasteiger partial charge is 0.457 e. The third kappa shape index (κ3) is 6.06. The van der Waals surface area contributed by atoms with E-state index in [9.17, 15) is 24.0 Å². The number of ether oxygens (including phenoxy) is 2. The van der Waals surface area contributed by atoms with E-state index >= 15 is 0 Å². The van der Waals surface area contributed by atoms with Crippen molar-refractivity contribution in [1.29, 1.82) is 0 Å². The number of anilines is 1. The molecule has 0 unspecified atom stereocenters. The molecule has 2 aromatic carbocycles. The summed E-state index contributed by atoms with van der Waals surface area (Å²) in [6.07, 6.45) is 0.549. The zero-order valence-electron chi connectivity index (χ0n) is 19.9. The van der Waals surface area contributed by atoms with Crippen molar-refractivity contribution in [3.8, 4) is 11.5 Å². The fourth-order valence-electron chi connectivity index (χ4n) is 3.31. The molecular weight excluding hydrogens is 468 g/mol. The molecule has 11 nitrogen and oxygen atoms in total. The van der Waals surface area contributed by atoms with E-state index < -0.39 is 47.6 Å². The number of rotatable bonds is 10. The molecule has 3 aromatic rings. The van der Waals surface area contributed by atoms with Gasteiger partial charge in [-0.2, -0.15) is 0 Å². The molecule has 3 rings (SSSR count). The van der Waals surface area contributed by atoms with Crippen LogP contribution in [0.2, 0.25) is 0 Å². The molecular formula is C25H26N4O7. The van der Waals surface area contributed by atoms with Gasteiger partial charge in [0.15, 0.2) is 6.61 Å². The lowest BCUT2D eigenvalue weighted by molar-refractivity contribution is -0.141. The second-order valence-electron chi connectivity index (χ2n) is 7.76. The number of ketones is 1. The number of carbonyl (C=O) groups is 3. The first-order chi connectivity index (χ1) is 17.2. The minimum atomic E-state index is -0.891. The van der Waals surface area contributed by atoms with E-state index in [-0.39, 0.29) is 17.9 Å². The smallest absolute Gasteiger partial charge is 0.332 e. The minimum absolute atomic E-state index is 0.213. The summed E-state index contributed by atoms with van der Waals surface area (Å²) >= 11 is 0. The van der Waals surface area contributed by atoms with E-state index in [4.69, 9.17) is 15.2 Å². The average Bonchev–Trinajstić information content (AvgIpc) is 2.88. The molecule has 0 radical (unpaired) electrons. The lowest BCUT2D eigenvalue weighted by atomic mass is 10.2. The van der Waals surface area contributed by atoms with Gasteiger partial charge >= 0.3 is 11.7 Å². The molecule has 3 N–H and O–H groups in total. The maximum atomic E-state index is 12.5. The van der Waals surface area contributed by atoms with Crippen molar-refractivity contribution in [3.05, 3.63) is 86.6 Å². The molecule has 0 saturated heterocycles. The van der Waals surface area contributed by atoms with Gasteiger partial charge in [-0.15, -0.1) is 0 Å². The Labute approximate surface area is 206 Å². The third-order valence-corrected chi connectivity index (χ3v) is 5.16. The SMILES string of the molecule is CCCn1c(N)c(C(=O)COC(=O)CNC(=O)c2ccc(Oc3ccccc3)cc2)c(=O)n(C)c1=O. The van der Waals surface area contributed by atoms with Crippen molar-refractivity contribution in [2.24, 2.45) is 7.05 Å². The van der Waals surface area contributed by atoms with Crippen LogP contribution in [0.15, 0.2) is 64.2 Å². The van der Waals surface area contributed by atoms with Crippen LogP contribution in [0, 0.1) is 0 Å². The van der Waals surface area contributed by atoms with Crippen LogP contribution in [-0.2, 0) is 23.1 Å². The highest BCUT2D eigenvalue weighted by atomic mass is 16.5. The Bertz CT molecular complexity index is 1380. The minimum Gasteiger partial charge on any atom is -0.457 e. The Kier molecular flexibility index (Phi) is 8.39. The molecule has 11 heteroatoms. The van der Waals surface area contributed by atoms with Crippen LogP contribution in [-0.4, -0.2) is 39.9 Å². The summed E-state index contributed by atoms with van der Waals surface area (Å²) in [6.45, 7) is 0.743. The zero-order chi connectivity index (χ0) is 26.2. The maximum absolute atomic E-state index is 12.5. The van der Waals surface area contributed by atoms with Crippen molar-refractivity contribution < 1.29 is 23.9 Å². The lowest BCUT2D eigenvalue weighted by Crippen LogP contribution is -2.43. The predicted molar refractivity (Wildman–Crippen MR) is 131 cm³/mol. The highest BCUT2D eigenvalue weighted by Gasteiger charge is 2.22. The zero-order valence-corrected chi connectivity index (χ0v) is 19.9. The first kappa shape index (κ1) is 25.9. The number of hydrogen-bond acceptors (Lipinski definition) is 8. The van der Waals surface area contributed by atoms with E-state index in [2.05, 4.69) is 5.32 Å². The van der Waals surface area contributed by atoms with Gasteiger partial charge in [-0.1, -0.05) is 25.1 Å². The molecule has 36 heavy (non-hydrogen) atoms. The first-order valence-corrected chi connectivity index (χ1v) is 11.1. The summed E-state index contributed by atoms with van der Waals surface area (Å²) in [4.78, 5) is 61.5. The van der Waals surface area contributed by atoms with Gasteiger partial charge < -0.3 is 20.5 Å². The second kappa shape index (κ2) is 11.6. The number of nitrogen functional groups attached to an aromatic ring is 1. The highest BCUT2D eigenvalue weighted by Crippen LogP contribution is 2.21. The standard InChI is InChI=1S/C25H26N4O7/c1-3-13-29-22(26)21(24(33)28(2)25(29)34)19(30)15-35-20(31)14-27-23(32)16-9-11-18(12-10-16)36-17-7-5-4-6-8-17/h4-12H,3,13-15,26H2,1-2H3,(H,27,32). The molecule has 1 heterocycles. The third-order valence-electron chi connectivity index (χ3n) is 5.16. The van der Waals surface area contributed by atoms with Crippen molar-refractivity contribution in [2.75, 3.05) is 18.9 Å². The molecule has 0 fully saturated rings. The predicted octanol–water partition coefficient (Wildman–Crippen LogP) is 1.49. The molecule has 0 spiro atoms. The maximum Gasteiger partial charge on any atom is 0.332 e. The van der Waals surface area contributed by atoms with Gasteiger partial charge in [-0.25, -0.2) is 4.79 Å². The molecule has 0 aliphatic rings. The molecule has 0 atom stereocenters. The van der Waals surface area contributed by atoms with Crippen LogP contribution in [0.4, 0.5) is 5.82 Å². The number of aromatic nitrogens is 2. The molecule has 1 amide bonds. The number of carbonyl (C=O) groups excluding carboxylic acids is 3. The van der Waals surface area contributed by atoms with E-state index in [1.165, 1.54) is 19.2 Å². The van der Waals surface area contributed by atoms with E-state index in [0.29, 0.717) is 17.9 Å². The van der Waals surface area contributed by atoms with Gasteiger partial charge in [-0.05, 0) is 42.8 Å². The normalized spacial score (nSPS) is 10.5. The van der Waals surface area contributed by atoms with Crippen molar-refractivity contribution in [1.82, 2.24) is 14.5 Å². The number of nitrogens with two attached hydrogens (primary N) is 1. The average molecular weight is 495 g/mol. The van der Waals surface area contributed by atoms with Gasteiger partial charge in [0, 0.05) is 19.2 Å². The van der Waals surface area contributed by atoms with Crippen LogP contribution in [0.1, 0.15) is 34.1 Å². The number of amides is 1. The summed E-state index contributed by atoms with van der Waals surface area (Å²) in [5, 5.41) is 2.40. The van der Waals surface area contributed by atoms with Gasteiger partial charge in [0.2, 0.25) is 5.78 Å². The quantitative estimate of drug-likeness (QED) is 0.318. The Hall–Kier alpha value is -4.67. The molecule has 188 valence electrons. The molecule has 0 aliphatic heterocycles. The van der Waals surface area contributed by atoms with E-state index in [1.807, 2.05) is 18.2 Å². The number of Topliss-reactive ketones (excluding diaryl/α,β-unsaturated/α-hetero) is 1. The molecule has 0 aliphatic carbocycles. The Morgan fingerprint density at radius 1 is 0.972 bits per heavy atom. The summed E-state index contributed by atoms with van der Waals surface area (Å²) in [6, 6.07) is 15.4. The Morgan fingerprint density at radius 3 is 2.25 bits per heavy atom. The molecule has 1 aromatic heterocycles. The number of nitrogens with zero attached hydrogens (tertiary/aromatic N) is 2. The van der Waals surface area contributed by atoms with Crippen molar-refractivity contribution in [2.45, 2.75) is 19.9 Å². The monoisotopic (exact) mass is 494 g/mol. The Morgan fingerprint density at radius 2 is 1.61 bits per heavy atom. The van der Waals surface area contributed by atoms with Gasteiger partial charge in [-0.3, -0.25) is 28.3 Å². The summed E-state index contributed by atoms with van der Waals surface area (Å²) < 4.78 is 12.5. The summed E-state index contributed by atoms with van der Waals surface area (Å²) in [5.74, 6) is -1.37. The van der Waals surface area contributed by atoms with Gasteiger partial charge in [0.25, 0.3) is 11.5 Å². The first-order valence-electron chi connectivity index (χ1n) is 11.1. The van der Waals surface area contributed by atoms with E-state index in [1.54, 1.807) is 31.2 Å². The highest BCUT2D eigenvalue weighted by molar-refractivity contribution is 6.01. The van der Waals surface area contributed by atoms with Crippen LogP contribution in [0.3, 0.4) is 0 Å². The Balaban J connectivity index is 1.55. The van der Waals surface area contributed by atoms with Crippen LogP contribution in [0.5, 0.6) is 11.5 Å². The van der Waals surface area contributed by atoms with Crippen LogP contribution < -0.4 is 27.0 Å². The molecule has 0 bridgehead atoms. The van der Waals surface area contributed by atoms with Crippen LogP contribution >= 0.6 is 0 Å². The van der Waals surface area contributed by atoms with Gasteiger partial charge in [0.05, 0.1) is 0 Å². The summed E-state index contributed by atoms with van der Waals surface area (Å²) in [7, 11) is 1.23. The number of esters is 1. The van der Waals surface area contributed by atoms with Crippen molar-refractivity contribution in [3.63, 3.8) is 0 Å². The molecule has 0 saturated carbocycles. The number of hydrogen-bond donors (Lipinski definition) is 2. The fourth-order valence-corrected chi connectivity index (χ4v) is 3.31. The lowest BCUT2D eigenvalue weighted by Gasteiger charge is -2.14. The van der Waals surface area contributed by atoms with Gasteiger partial charge in [0.1, 0.15) is 29.4 Å². The van der Waals surface area contributed by atoms with Crippen LogP contribution in [0.25, 0.3) is 0 Å². The van der Waals surface area contributed by atoms with Crippen molar-refractivity contribution >= 4 is 23.5 Å². The second-order valence-corrected chi connectivity index (χ2v) is 7.76. The number of nitrogens with one attached hydrogen (secondary N) is 1.